The molecule has 1 aliphatic heterocycles. The summed E-state index contributed by atoms with van der Waals surface area (Å²) in [6, 6.07) is 0. The largest absolute Gasteiger partial charge is 0.393 e. The fraction of sp³-hybridized carbons (Fsp3) is 1.00. The maximum atomic E-state index is 9.85. The number of rotatable bonds is 7. The summed E-state index contributed by atoms with van der Waals surface area (Å²) in [6.45, 7) is 9.92. The van der Waals surface area contributed by atoms with E-state index < -0.39 is 0 Å². The summed E-state index contributed by atoms with van der Waals surface area (Å²) >= 11 is 0. The van der Waals surface area contributed by atoms with Crippen LogP contribution in [0.25, 0.3) is 0 Å². The molecule has 0 aromatic carbocycles. The Labute approximate surface area is 98.5 Å². The molecule has 2 atom stereocenters. The van der Waals surface area contributed by atoms with Crippen LogP contribution in [0, 0.1) is 5.92 Å². The first-order valence-corrected chi connectivity index (χ1v) is 6.33. The van der Waals surface area contributed by atoms with Crippen molar-refractivity contribution >= 4 is 0 Å². The third-order valence-electron chi connectivity index (χ3n) is 3.13. The lowest BCUT2D eigenvalue weighted by atomic mass is 9.98. The summed E-state index contributed by atoms with van der Waals surface area (Å²) in [5.74, 6) is 0.260. The van der Waals surface area contributed by atoms with Crippen molar-refractivity contribution in [1.29, 1.82) is 0 Å². The first-order valence-electron chi connectivity index (χ1n) is 6.33. The fourth-order valence-corrected chi connectivity index (χ4v) is 2.01. The van der Waals surface area contributed by atoms with Gasteiger partial charge in [-0.05, 0) is 19.9 Å². The summed E-state index contributed by atoms with van der Waals surface area (Å²) in [7, 11) is 0. The van der Waals surface area contributed by atoms with E-state index in [1.54, 1.807) is 0 Å². The Morgan fingerprint density at radius 2 is 2.25 bits per heavy atom. The van der Waals surface area contributed by atoms with E-state index in [0.717, 1.165) is 39.3 Å². The lowest BCUT2D eigenvalue weighted by Gasteiger charge is -2.32. The Hall–Kier alpha value is -0.160. The third-order valence-corrected chi connectivity index (χ3v) is 3.13. The van der Waals surface area contributed by atoms with E-state index in [4.69, 9.17) is 9.47 Å². The summed E-state index contributed by atoms with van der Waals surface area (Å²) in [5.41, 5.74) is 0. The van der Waals surface area contributed by atoms with E-state index in [-0.39, 0.29) is 12.0 Å². The van der Waals surface area contributed by atoms with Crippen LogP contribution >= 0.6 is 0 Å². The maximum absolute atomic E-state index is 9.85. The molecular formula is C12H25NO3. The monoisotopic (exact) mass is 231 g/mol. The van der Waals surface area contributed by atoms with Crippen molar-refractivity contribution in [2.24, 2.45) is 5.92 Å². The number of likely N-dealkylation sites (N-methyl/N-ethyl adjacent to an activating group) is 1. The quantitative estimate of drug-likeness (QED) is 0.656. The zero-order valence-electron chi connectivity index (χ0n) is 10.5. The van der Waals surface area contributed by atoms with E-state index in [2.05, 4.69) is 11.8 Å². The molecule has 0 radical (unpaired) electrons. The standard InChI is InChI=1S/C12H25NO3/c1-3-13(6-8-15-4-2)9-11-10-16-7-5-12(11)14/h11-12,14H,3-10H2,1-2H3. The first-order chi connectivity index (χ1) is 7.77. The van der Waals surface area contributed by atoms with E-state index >= 15 is 0 Å². The smallest absolute Gasteiger partial charge is 0.0624 e. The van der Waals surface area contributed by atoms with Gasteiger partial charge in [-0.2, -0.15) is 0 Å². The number of hydrogen-bond donors (Lipinski definition) is 1. The highest BCUT2D eigenvalue weighted by Crippen LogP contribution is 2.15. The molecule has 16 heavy (non-hydrogen) atoms. The van der Waals surface area contributed by atoms with Gasteiger partial charge in [-0.1, -0.05) is 6.92 Å². The van der Waals surface area contributed by atoms with Gasteiger partial charge >= 0.3 is 0 Å². The molecule has 0 spiro atoms. The number of aliphatic hydroxyl groups excluding tert-OH is 1. The van der Waals surface area contributed by atoms with Gasteiger partial charge in [0.15, 0.2) is 0 Å². The normalized spacial score (nSPS) is 26.2. The molecule has 1 saturated heterocycles. The van der Waals surface area contributed by atoms with E-state index in [0.29, 0.717) is 13.2 Å². The van der Waals surface area contributed by atoms with Crippen LogP contribution in [0.5, 0.6) is 0 Å². The highest BCUT2D eigenvalue weighted by Gasteiger charge is 2.25. The first kappa shape index (κ1) is 13.9. The molecular weight excluding hydrogens is 206 g/mol. The van der Waals surface area contributed by atoms with Gasteiger partial charge in [0, 0.05) is 32.2 Å². The fourth-order valence-electron chi connectivity index (χ4n) is 2.01. The molecule has 0 aromatic rings. The molecule has 2 unspecified atom stereocenters. The van der Waals surface area contributed by atoms with Gasteiger partial charge in [0.05, 0.1) is 19.3 Å². The molecule has 0 bridgehead atoms. The second kappa shape index (κ2) is 8.01. The average molecular weight is 231 g/mol. The topological polar surface area (TPSA) is 41.9 Å². The van der Waals surface area contributed by atoms with Gasteiger partial charge < -0.3 is 19.5 Å². The predicted molar refractivity (Wildman–Crippen MR) is 63.5 cm³/mol. The van der Waals surface area contributed by atoms with Crippen LogP contribution in [0.4, 0.5) is 0 Å². The van der Waals surface area contributed by atoms with Gasteiger partial charge in [0.1, 0.15) is 0 Å². The van der Waals surface area contributed by atoms with Crippen LogP contribution in [0.1, 0.15) is 20.3 Å². The van der Waals surface area contributed by atoms with Crippen molar-refractivity contribution in [2.45, 2.75) is 26.4 Å². The average Bonchev–Trinajstić information content (AvgIpc) is 2.30. The van der Waals surface area contributed by atoms with Gasteiger partial charge in [0.2, 0.25) is 0 Å². The third kappa shape index (κ3) is 4.78. The van der Waals surface area contributed by atoms with Crippen LogP contribution in [0.2, 0.25) is 0 Å². The number of hydrogen-bond acceptors (Lipinski definition) is 4. The zero-order chi connectivity index (χ0) is 11.8. The molecule has 4 nitrogen and oxygen atoms in total. The lowest BCUT2D eigenvalue weighted by molar-refractivity contribution is -0.0479. The predicted octanol–water partition coefficient (Wildman–Crippen LogP) is 0.742. The molecule has 1 aliphatic rings. The SMILES string of the molecule is CCOCCN(CC)CC1COCCC1O. The van der Waals surface area contributed by atoms with E-state index in [1.807, 2.05) is 6.92 Å². The van der Waals surface area contributed by atoms with Crippen LogP contribution in [0.15, 0.2) is 0 Å². The van der Waals surface area contributed by atoms with Crippen molar-refractivity contribution < 1.29 is 14.6 Å². The summed E-state index contributed by atoms with van der Waals surface area (Å²) in [5, 5.41) is 9.85. The molecule has 0 saturated carbocycles. The van der Waals surface area contributed by atoms with Crippen LogP contribution < -0.4 is 0 Å². The Morgan fingerprint density at radius 3 is 2.88 bits per heavy atom. The van der Waals surface area contributed by atoms with E-state index in [9.17, 15) is 5.11 Å². The van der Waals surface area contributed by atoms with Crippen LogP contribution in [-0.4, -0.2) is 62.2 Å². The van der Waals surface area contributed by atoms with Crippen molar-refractivity contribution in [3.63, 3.8) is 0 Å². The summed E-state index contributed by atoms with van der Waals surface area (Å²) in [6.07, 6.45) is 0.572. The van der Waals surface area contributed by atoms with Crippen molar-refractivity contribution in [3.8, 4) is 0 Å². The molecule has 0 amide bonds. The minimum absolute atomic E-state index is 0.199. The van der Waals surface area contributed by atoms with Crippen molar-refractivity contribution in [3.05, 3.63) is 0 Å². The minimum Gasteiger partial charge on any atom is -0.393 e. The molecule has 96 valence electrons. The lowest BCUT2D eigenvalue weighted by Crippen LogP contribution is -2.42. The molecule has 1 rings (SSSR count). The second-order valence-electron chi connectivity index (χ2n) is 4.28. The molecule has 0 aromatic heterocycles. The molecule has 4 heteroatoms. The second-order valence-corrected chi connectivity index (χ2v) is 4.28. The van der Waals surface area contributed by atoms with E-state index in [1.165, 1.54) is 0 Å². The van der Waals surface area contributed by atoms with Crippen molar-refractivity contribution in [1.82, 2.24) is 4.90 Å². The molecule has 1 heterocycles. The molecule has 0 aliphatic carbocycles. The van der Waals surface area contributed by atoms with Crippen molar-refractivity contribution in [2.75, 3.05) is 46.1 Å². The highest BCUT2D eigenvalue weighted by molar-refractivity contribution is 4.75. The van der Waals surface area contributed by atoms with Gasteiger partial charge in [-0.3, -0.25) is 0 Å². The van der Waals surface area contributed by atoms with Gasteiger partial charge in [-0.25, -0.2) is 0 Å². The van der Waals surface area contributed by atoms with Crippen LogP contribution in [-0.2, 0) is 9.47 Å². The maximum Gasteiger partial charge on any atom is 0.0624 e. The minimum atomic E-state index is -0.199. The Morgan fingerprint density at radius 1 is 1.44 bits per heavy atom. The summed E-state index contributed by atoms with van der Waals surface area (Å²) in [4.78, 5) is 2.32. The number of ether oxygens (including phenoxy) is 2. The summed E-state index contributed by atoms with van der Waals surface area (Å²) < 4.78 is 10.8. The van der Waals surface area contributed by atoms with Gasteiger partial charge in [0.25, 0.3) is 0 Å². The Balaban J connectivity index is 2.24. The number of aliphatic hydroxyl groups is 1. The zero-order valence-corrected chi connectivity index (χ0v) is 10.5. The van der Waals surface area contributed by atoms with Crippen LogP contribution in [0.3, 0.4) is 0 Å². The van der Waals surface area contributed by atoms with Gasteiger partial charge in [-0.15, -0.1) is 0 Å². The highest BCUT2D eigenvalue weighted by atomic mass is 16.5. The molecule has 1 N–H and O–H groups in total. The Kier molecular flexibility index (Phi) is 6.96. The molecule has 1 fully saturated rings. The number of nitrogens with zero attached hydrogens (tertiary/aromatic N) is 1. The Bertz CT molecular complexity index is 178.